The van der Waals surface area contributed by atoms with Crippen LogP contribution in [0.3, 0.4) is 0 Å². The second kappa shape index (κ2) is 13.2. The maximum absolute atomic E-state index is 12.6. The number of aromatic nitrogens is 4. The smallest absolute Gasteiger partial charge is 0.338 e. The van der Waals surface area contributed by atoms with Gasteiger partial charge in [0.15, 0.2) is 11.2 Å². The predicted molar refractivity (Wildman–Crippen MR) is 144 cm³/mol. The molecule has 0 aliphatic carbocycles. The lowest BCUT2D eigenvalue weighted by molar-refractivity contribution is -0.114. The summed E-state index contributed by atoms with van der Waals surface area (Å²) in [4.78, 5) is 59.6. The first-order valence-corrected chi connectivity index (χ1v) is 12.2. The first-order valence-electron chi connectivity index (χ1n) is 12.2. The zero-order valence-electron chi connectivity index (χ0n) is 22.4. The number of methoxy groups -OCH3 is 2. The number of carbonyl (C=O) groups is 3. The van der Waals surface area contributed by atoms with Crippen LogP contribution in [0.25, 0.3) is 11.2 Å². The molecule has 2 aromatic heterocycles. The third kappa shape index (κ3) is 7.45. The van der Waals surface area contributed by atoms with Crippen LogP contribution in [0.2, 0.25) is 0 Å². The van der Waals surface area contributed by atoms with E-state index in [2.05, 4.69) is 20.3 Å². The highest BCUT2D eigenvalue weighted by molar-refractivity contribution is 5.90. The molecule has 0 aliphatic rings. The number of H-pyrrole nitrogens is 1. The average molecular weight is 566 g/mol. The quantitative estimate of drug-likeness (QED) is 0.241. The number of hydrogen-bond acceptors (Lipinski definition) is 11. The van der Waals surface area contributed by atoms with Gasteiger partial charge < -0.3 is 23.7 Å². The van der Waals surface area contributed by atoms with Gasteiger partial charge in [-0.15, -0.1) is 0 Å². The van der Waals surface area contributed by atoms with Gasteiger partial charge in [-0.25, -0.2) is 14.6 Å². The summed E-state index contributed by atoms with van der Waals surface area (Å²) in [6.07, 6.45) is 0.419. The van der Waals surface area contributed by atoms with E-state index >= 15 is 0 Å². The fourth-order valence-electron chi connectivity index (χ4n) is 3.56. The lowest BCUT2D eigenvalue weighted by atomic mass is 10.2. The number of hydrogen-bond donors (Lipinski definition) is 2. The summed E-state index contributed by atoms with van der Waals surface area (Å²) in [7, 11) is 3.02. The van der Waals surface area contributed by atoms with Crippen molar-refractivity contribution in [1.29, 1.82) is 0 Å². The van der Waals surface area contributed by atoms with E-state index in [-0.39, 0.29) is 48.2 Å². The summed E-state index contributed by atoms with van der Waals surface area (Å²) in [5.41, 5.74) is 0.178. The van der Waals surface area contributed by atoms with Crippen molar-refractivity contribution in [2.24, 2.45) is 0 Å². The van der Waals surface area contributed by atoms with Crippen molar-refractivity contribution in [3.8, 4) is 11.5 Å². The topological polar surface area (TPSA) is 173 Å². The van der Waals surface area contributed by atoms with Gasteiger partial charge in [0.2, 0.25) is 11.9 Å². The molecule has 0 radical (unpaired) electrons. The minimum atomic E-state index is -0.909. The summed E-state index contributed by atoms with van der Waals surface area (Å²) in [5, 5.41) is 2.41. The molecule has 1 amide bonds. The molecule has 14 heteroatoms. The molecule has 0 spiro atoms. The molecule has 2 N–H and O–H groups in total. The Morgan fingerprint density at radius 1 is 0.902 bits per heavy atom. The molecule has 0 saturated carbocycles. The van der Waals surface area contributed by atoms with Gasteiger partial charge in [-0.05, 0) is 48.5 Å². The summed E-state index contributed by atoms with van der Waals surface area (Å²) >= 11 is 0. The van der Waals surface area contributed by atoms with Crippen molar-refractivity contribution < 1.29 is 38.1 Å². The van der Waals surface area contributed by atoms with Gasteiger partial charge in [0, 0.05) is 6.92 Å². The highest BCUT2D eigenvalue weighted by atomic mass is 16.6. The lowest BCUT2D eigenvalue weighted by Gasteiger charge is -2.19. The van der Waals surface area contributed by atoms with Crippen molar-refractivity contribution in [2.75, 3.05) is 32.8 Å². The lowest BCUT2D eigenvalue weighted by Crippen LogP contribution is -2.29. The van der Waals surface area contributed by atoms with E-state index in [1.165, 1.54) is 32.0 Å². The van der Waals surface area contributed by atoms with Crippen LogP contribution < -0.4 is 20.3 Å². The van der Waals surface area contributed by atoms with Gasteiger partial charge in [-0.1, -0.05) is 0 Å². The van der Waals surface area contributed by atoms with Crippen molar-refractivity contribution in [2.45, 2.75) is 19.8 Å². The van der Waals surface area contributed by atoms with Crippen LogP contribution in [0.4, 0.5) is 5.95 Å². The number of amides is 1. The first-order chi connectivity index (χ1) is 19.8. The fourth-order valence-corrected chi connectivity index (χ4v) is 3.56. The summed E-state index contributed by atoms with van der Waals surface area (Å²) < 4.78 is 28.3. The highest BCUT2D eigenvalue weighted by Gasteiger charge is 2.19. The SMILES string of the molecule is COc1ccc(C(=O)OCC(COC(=O)c2ccc(OC)cc2)OCn2cnc3c(=O)[nH]c(NC(C)=O)nc32)cc1. The van der Waals surface area contributed by atoms with Gasteiger partial charge >= 0.3 is 11.9 Å². The number of ether oxygens (including phenoxy) is 5. The molecule has 2 aromatic carbocycles. The Kier molecular flexibility index (Phi) is 9.27. The Morgan fingerprint density at radius 3 is 1.93 bits per heavy atom. The zero-order valence-corrected chi connectivity index (χ0v) is 22.4. The molecule has 0 aliphatic heterocycles. The molecule has 2 heterocycles. The van der Waals surface area contributed by atoms with Crippen molar-refractivity contribution in [3.05, 3.63) is 76.3 Å². The van der Waals surface area contributed by atoms with Crippen molar-refractivity contribution in [1.82, 2.24) is 19.5 Å². The second-order valence-electron chi connectivity index (χ2n) is 8.55. The Morgan fingerprint density at radius 2 is 1.44 bits per heavy atom. The van der Waals surface area contributed by atoms with Crippen LogP contribution in [0.15, 0.2) is 59.7 Å². The third-order valence-electron chi connectivity index (χ3n) is 5.67. The van der Waals surface area contributed by atoms with Crippen molar-refractivity contribution in [3.63, 3.8) is 0 Å². The number of rotatable bonds is 12. The number of anilines is 1. The van der Waals surface area contributed by atoms with Gasteiger partial charge in [0.1, 0.15) is 37.5 Å². The minimum absolute atomic E-state index is 0.0242. The van der Waals surface area contributed by atoms with Gasteiger partial charge in [-0.2, -0.15) is 4.98 Å². The summed E-state index contributed by atoms with van der Waals surface area (Å²) in [5.74, 6) is -0.569. The Balaban J connectivity index is 1.47. The van der Waals surface area contributed by atoms with Crippen LogP contribution in [-0.2, 0) is 25.7 Å². The zero-order chi connectivity index (χ0) is 29.4. The normalized spacial score (nSPS) is 10.8. The largest absolute Gasteiger partial charge is 0.497 e. The molecule has 0 unspecified atom stereocenters. The van der Waals surface area contributed by atoms with E-state index in [0.717, 1.165) is 0 Å². The molecule has 214 valence electrons. The number of imidazole rings is 1. The molecular formula is C27H27N5O9. The van der Waals surface area contributed by atoms with Crippen LogP contribution >= 0.6 is 0 Å². The number of esters is 2. The monoisotopic (exact) mass is 565 g/mol. The second-order valence-corrected chi connectivity index (χ2v) is 8.55. The fraction of sp³-hybridized carbons (Fsp3) is 0.259. The van der Waals surface area contributed by atoms with Crippen LogP contribution in [0, 0.1) is 0 Å². The molecule has 0 atom stereocenters. The standard InChI is InChI=1S/C27H27N5O9/c1-16(33)29-27-30-23-22(24(34)31-27)28-14-32(23)15-41-21(12-39-25(35)17-4-8-19(37-2)9-5-17)13-40-26(36)18-6-10-20(38-3)11-7-18/h4-11,14,21H,12-13,15H2,1-3H3,(H2,29,30,31,33,34). The summed E-state index contributed by atoms with van der Waals surface area (Å²) in [6, 6.07) is 12.7. The molecule has 4 rings (SSSR count). The predicted octanol–water partition coefficient (Wildman–Crippen LogP) is 2.15. The molecule has 0 bridgehead atoms. The van der Waals surface area contributed by atoms with Crippen LogP contribution in [0.5, 0.6) is 11.5 Å². The van der Waals surface area contributed by atoms with Crippen molar-refractivity contribution >= 4 is 35.0 Å². The van der Waals surface area contributed by atoms with E-state index in [1.54, 1.807) is 48.5 Å². The number of aromatic amines is 1. The maximum Gasteiger partial charge on any atom is 0.338 e. The molecule has 4 aromatic rings. The average Bonchev–Trinajstić information content (AvgIpc) is 3.39. The Bertz CT molecular complexity index is 1520. The van der Waals surface area contributed by atoms with E-state index in [1.807, 2.05) is 0 Å². The third-order valence-corrected chi connectivity index (χ3v) is 5.67. The number of nitrogens with zero attached hydrogens (tertiary/aromatic N) is 3. The number of carbonyl (C=O) groups excluding carboxylic acids is 3. The minimum Gasteiger partial charge on any atom is -0.497 e. The summed E-state index contributed by atoms with van der Waals surface area (Å²) in [6.45, 7) is 0.546. The molecule has 14 nitrogen and oxygen atoms in total. The van der Waals surface area contributed by atoms with Gasteiger partial charge in [0.05, 0.1) is 31.7 Å². The first kappa shape index (κ1) is 28.8. The number of fused-ring (bicyclic) bond motifs is 1. The maximum atomic E-state index is 12.6. The van der Waals surface area contributed by atoms with Crippen LogP contribution in [0.1, 0.15) is 27.6 Å². The Labute approximate surface area is 233 Å². The van der Waals surface area contributed by atoms with Gasteiger partial charge in [-0.3, -0.25) is 24.5 Å². The Hall–Kier alpha value is -5.24. The van der Waals surface area contributed by atoms with E-state index in [9.17, 15) is 19.2 Å². The van der Waals surface area contributed by atoms with Crippen LogP contribution in [-0.4, -0.2) is 70.9 Å². The number of benzene rings is 2. The molecule has 0 saturated heterocycles. The van der Waals surface area contributed by atoms with E-state index in [4.69, 9.17) is 23.7 Å². The van der Waals surface area contributed by atoms with E-state index < -0.39 is 29.5 Å². The molecular weight excluding hydrogens is 538 g/mol. The van der Waals surface area contributed by atoms with E-state index in [0.29, 0.717) is 11.5 Å². The highest BCUT2D eigenvalue weighted by Crippen LogP contribution is 2.15. The molecule has 0 fully saturated rings. The van der Waals surface area contributed by atoms with Gasteiger partial charge in [0.25, 0.3) is 5.56 Å². The number of nitrogens with one attached hydrogen (secondary N) is 2. The molecule has 41 heavy (non-hydrogen) atoms.